The van der Waals surface area contributed by atoms with Crippen LogP contribution in [-0.2, 0) is 20.0 Å². The number of nitrogens with zero attached hydrogens (tertiary/aromatic N) is 3. The quantitative estimate of drug-likeness (QED) is 0.802. The second-order valence-electron chi connectivity index (χ2n) is 5.64. The van der Waals surface area contributed by atoms with Gasteiger partial charge in [0.15, 0.2) is 0 Å². The molecule has 0 aliphatic carbocycles. The molecule has 0 aromatic heterocycles. The maximum absolute atomic E-state index is 13.2. The molecule has 11 heteroatoms. The Morgan fingerprint density at radius 3 is 1.78 bits per heavy atom. The van der Waals surface area contributed by atoms with Crippen molar-refractivity contribution in [3.05, 3.63) is 60.7 Å². The monoisotopic (exact) mass is 408 g/mol. The van der Waals surface area contributed by atoms with Crippen molar-refractivity contribution >= 4 is 31.8 Å². The Labute approximate surface area is 157 Å². The molecule has 0 saturated heterocycles. The van der Waals surface area contributed by atoms with Gasteiger partial charge in [0.25, 0.3) is 20.0 Å². The summed E-state index contributed by atoms with van der Waals surface area (Å²) in [5.74, 6) is 0. The summed E-state index contributed by atoms with van der Waals surface area (Å²) < 4.78 is 52.9. The summed E-state index contributed by atoms with van der Waals surface area (Å²) in [6.45, 7) is 1.23. The Morgan fingerprint density at radius 1 is 0.889 bits per heavy atom. The Bertz CT molecular complexity index is 1010. The molecule has 2 aromatic carbocycles. The van der Waals surface area contributed by atoms with Crippen molar-refractivity contribution in [2.75, 3.05) is 6.54 Å². The summed E-state index contributed by atoms with van der Waals surface area (Å²) in [5.41, 5.74) is 2.45. The molecular formula is C16H16N4O5S2. The molecule has 1 heterocycles. The number of sulfonamides is 2. The number of carbonyl (C=O) groups excluding carboxylic acids is 1. The molecule has 0 spiro atoms. The minimum absolute atomic E-state index is 0.123. The van der Waals surface area contributed by atoms with Gasteiger partial charge in [-0.15, -0.1) is 0 Å². The SMILES string of the molecule is CC1=NNC(=O)N(N(S(=O)(=O)c2ccccc2)S(=O)(=O)c2ccccc2)C1. The van der Waals surface area contributed by atoms with E-state index in [0.717, 1.165) is 0 Å². The van der Waals surface area contributed by atoms with Crippen molar-refractivity contribution in [1.29, 1.82) is 0 Å². The molecule has 2 amide bonds. The Balaban J connectivity index is 2.22. The van der Waals surface area contributed by atoms with Gasteiger partial charge < -0.3 is 0 Å². The van der Waals surface area contributed by atoms with Crippen LogP contribution in [0.3, 0.4) is 0 Å². The number of hydrazone groups is 1. The lowest BCUT2D eigenvalue weighted by molar-refractivity contribution is 0.152. The third-order valence-corrected chi connectivity index (χ3v) is 7.78. The number of hydrazine groups is 1. The van der Waals surface area contributed by atoms with Gasteiger partial charge >= 0.3 is 6.03 Å². The van der Waals surface area contributed by atoms with Crippen LogP contribution in [0.5, 0.6) is 0 Å². The highest BCUT2D eigenvalue weighted by atomic mass is 32.3. The first-order valence-corrected chi connectivity index (χ1v) is 10.6. The van der Waals surface area contributed by atoms with E-state index in [1.165, 1.54) is 55.5 Å². The number of nitrogens with one attached hydrogen (secondary N) is 1. The summed E-state index contributed by atoms with van der Waals surface area (Å²) >= 11 is 0. The smallest absolute Gasteiger partial charge is 0.245 e. The van der Waals surface area contributed by atoms with Crippen LogP contribution in [0.4, 0.5) is 4.79 Å². The van der Waals surface area contributed by atoms with E-state index in [9.17, 15) is 21.6 Å². The van der Waals surface area contributed by atoms with E-state index in [0.29, 0.717) is 10.7 Å². The van der Waals surface area contributed by atoms with Crippen molar-refractivity contribution in [1.82, 2.24) is 14.3 Å². The molecule has 0 fully saturated rings. The minimum Gasteiger partial charge on any atom is -0.245 e. The zero-order chi connectivity index (χ0) is 19.7. The Hall–Kier alpha value is -2.76. The van der Waals surface area contributed by atoms with E-state index >= 15 is 0 Å². The van der Waals surface area contributed by atoms with E-state index < -0.39 is 26.1 Å². The molecule has 0 saturated carbocycles. The number of rotatable bonds is 5. The molecule has 142 valence electrons. The van der Waals surface area contributed by atoms with Gasteiger partial charge in [-0.2, -0.15) is 5.10 Å². The fourth-order valence-corrected chi connectivity index (χ4v) is 6.11. The minimum atomic E-state index is -4.61. The van der Waals surface area contributed by atoms with Crippen LogP contribution in [0.25, 0.3) is 0 Å². The summed E-state index contributed by atoms with van der Waals surface area (Å²) in [5, 5.41) is 4.32. The topological polar surface area (TPSA) is 116 Å². The lowest BCUT2D eigenvalue weighted by Crippen LogP contribution is -2.58. The van der Waals surface area contributed by atoms with Gasteiger partial charge in [0.05, 0.1) is 22.0 Å². The first-order valence-electron chi connectivity index (χ1n) is 7.76. The third-order valence-electron chi connectivity index (χ3n) is 3.65. The van der Waals surface area contributed by atoms with Gasteiger partial charge in [0, 0.05) is 3.82 Å². The molecule has 1 aliphatic heterocycles. The molecule has 2 aromatic rings. The van der Waals surface area contributed by atoms with Crippen LogP contribution >= 0.6 is 0 Å². The van der Waals surface area contributed by atoms with Crippen molar-refractivity contribution in [2.24, 2.45) is 5.10 Å². The van der Waals surface area contributed by atoms with Crippen LogP contribution in [0, 0.1) is 0 Å². The average molecular weight is 408 g/mol. The molecular weight excluding hydrogens is 392 g/mol. The van der Waals surface area contributed by atoms with Gasteiger partial charge in [-0.25, -0.2) is 32.1 Å². The number of urea groups is 1. The second kappa shape index (κ2) is 7.10. The highest BCUT2D eigenvalue weighted by Crippen LogP contribution is 2.27. The maximum atomic E-state index is 13.2. The van der Waals surface area contributed by atoms with Crippen LogP contribution in [0.15, 0.2) is 75.6 Å². The van der Waals surface area contributed by atoms with Gasteiger partial charge in [-0.1, -0.05) is 36.4 Å². The first-order chi connectivity index (χ1) is 12.7. The van der Waals surface area contributed by atoms with Crippen LogP contribution < -0.4 is 5.43 Å². The van der Waals surface area contributed by atoms with E-state index in [1.54, 1.807) is 12.1 Å². The predicted octanol–water partition coefficient (Wildman–Crippen LogP) is 1.38. The highest BCUT2D eigenvalue weighted by molar-refractivity contribution is 8.04. The fourth-order valence-electron chi connectivity index (χ4n) is 2.41. The van der Waals surface area contributed by atoms with Crippen molar-refractivity contribution < 1.29 is 21.6 Å². The number of hydrogen-bond acceptors (Lipinski definition) is 6. The lowest BCUT2D eigenvalue weighted by atomic mass is 10.4. The molecule has 1 N–H and O–H groups in total. The highest BCUT2D eigenvalue weighted by Gasteiger charge is 2.44. The number of benzene rings is 2. The van der Waals surface area contributed by atoms with Crippen molar-refractivity contribution in [3.8, 4) is 0 Å². The van der Waals surface area contributed by atoms with E-state index in [1.807, 2.05) is 0 Å². The average Bonchev–Trinajstić information content (AvgIpc) is 2.66. The van der Waals surface area contributed by atoms with Gasteiger partial charge in [-0.05, 0) is 31.2 Å². The summed E-state index contributed by atoms with van der Waals surface area (Å²) in [6, 6.07) is 13.1. The van der Waals surface area contributed by atoms with Crippen LogP contribution in [0.1, 0.15) is 6.92 Å². The summed E-state index contributed by atoms with van der Waals surface area (Å²) in [4.78, 5) is 11.7. The Morgan fingerprint density at radius 2 is 1.33 bits per heavy atom. The zero-order valence-corrected chi connectivity index (χ0v) is 15.8. The standard InChI is InChI=1S/C16H16N4O5S2/c1-13-12-19(16(21)18-17-13)20(26(22,23)14-8-4-2-5-9-14)27(24,25)15-10-6-3-7-11-15/h2-11H,12H2,1H3,(H,18,21). The van der Waals surface area contributed by atoms with Crippen LogP contribution in [-0.4, -0.2) is 44.0 Å². The van der Waals surface area contributed by atoms with E-state index in [-0.39, 0.29) is 20.2 Å². The van der Waals surface area contributed by atoms with E-state index in [4.69, 9.17) is 0 Å². The molecule has 0 atom stereocenters. The molecule has 9 nitrogen and oxygen atoms in total. The molecule has 27 heavy (non-hydrogen) atoms. The van der Waals surface area contributed by atoms with Gasteiger partial charge in [-0.3, -0.25) is 0 Å². The third kappa shape index (κ3) is 3.56. The first kappa shape index (κ1) is 19.0. The normalized spacial score (nSPS) is 15.4. The van der Waals surface area contributed by atoms with Crippen molar-refractivity contribution in [3.63, 3.8) is 0 Å². The molecule has 0 unspecified atom stereocenters. The van der Waals surface area contributed by atoms with Gasteiger partial charge in [0.1, 0.15) is 0 Å². The molecule has 0 radical (unpaired) electrons. The number of carbonyl (C=O) groups is 1. The molecule has 0 bridgehead atoms. The maximum Gasteiger partial charge on any atom is 0.354 e. The lowest BCUT2D eigenvalue weighted by Gasteiger charge is -2.34. The zero-order valence-electron chi connectivity index (χ0n) is 14.2. The summed E-state index contributed by atoms with van der Waals surface area (Å²) in [7, 11) is -9.21. The second-order valence-corrected chi connectivity index (χ2v) is 9.40. The molecule has 3 rings (SSSR count). The van der Waals surface area contributed by atoms with E-state index in [2.05, 4.69) is 10.5 Å². The Kier molecular flexibility index (Phi) is 5.00. The molecule has 1 aliphatic rings. The van der Waals surface area contributed by atoms with Gasteiger partial charge in [0.2, 0.25) is 0 Å². The summed E-state index contributed by atoms with van der Waals surface area (Å²) in [6.07, 6.45) is 0. The largest absolute Gasteiger partial charge is 0.354 e. The fraction of sp³-hybridized carbons (Fsp3) is 0.125. The van der Waals surface area contributed by atoms with Crippen LogP contribution in [0.2, 0.25) is 0 Å². The van der Waals surface area contributed by atoms with Crippen molar-refractivity contribution in [2.45, 2.75) is 16.7 Å². The predicted molar refractivity (Wildman–Crippen MR) is 97.4 cm³/mol. The number of amides is 2. The number of hydrogen-bond donors (Lipinski definition) is 1.